The maximum atomic E-state index is 12.9. The first kappa shape index (κ1) is 31.1. The van der Waals surface area contributed by atoms with E-state index in [0.29, 0.717) is 5.56 Å². The molecule has 1 fully saturated rings. The van der Waals surface area contributed by atoms with E-state index in [1.807, 2.05) is 50.2 Å². The molecule has 2 unspecified atom stereocenters. The van der Waals surface area contributed by atoms with E-state index >= 15 is 0 Å². The smallest absolute Gasteiger partial charge is 0.330 e. The topological polar surface area (TPSA) is 112 Å². The molecule has 222 valence electrons. The molecular formula is C31H42N2O7Si. The van der Waals surface area contributed by atoms with Crippen molar-refractivity contribution >= 4 is 18.7 Å². The van der Waals surface area contributed by atoms with Gasteiger partial charge in [-0.05, 0) is 36.2 Å². The SMILES string of the molecule is CO[C@@H](C)[C@H](C)OC1C(O)[C@@H](CO[Si](c2ccccc2)(c2ccccc2)C(C)(C)C)O[C@H]1n1cc(C)c(=O)[nH]c1=O. The van der Waals surface area contributed by atoms with Crippen molar-refractivity contribution in [3.05, 3.63) is 93.3 Å². The molecule has 10 heteroatoms. The Labute approximate surface area is 242 Å². The number of methoxy groups -OCH3 is 1. The van der Waals surface area contributed by atoms with E-state index < -0.39 is 50.2 Å². The molecule has 2 N–H and O–H groups in total. The molecule has 0 radical (unpaired) electrons. The monoisotopic (exact) mass is 582 g/mol. The molecule has 4 rings (SSSR count). The van der Waals surface area contributed by atoms with Crippen LogP contribution in [0, 0.1) is 6.92 Å². The van der Waals surface area contributed by atoms with Crippen molar-refractivity contribution in [1.29, 1.82) is 0 Å². The normalized spacial score (nSPS) is 22.9. The second kappa shape index (κ2) is 12.6. The molecule has 1 aromatic heterocycles. The first-order valence-corrected chi connectivity index (χ1v) is 15.9. The minimum absolute atomic E-state index is 0.0656. The van der Waals surface area contributed by atoms with Crippen LogP contribution in [-0.2, 0) is 18.6 Å². The number of ether oxygens (including phenoxy) is 3. The van der Waals surface area contributed by atoms with Crippen molar-refractivity contribution in [2.45, 2.75) is 83.3 Å². The average Bonchev–Trinajstić information content (AvgIpc) is 3.25. The fourth-order valence-corrected chi connectivity index (χ4v) is 10.1. The molecule has 1 aliphatic heterocycles. The number of aliphatic hydroxyl groups excluding tert-OH is 1. The van der Waals surface area contributed by atoms with E-state index in [1.54, 1.807) is 14.0 Å². The summed E-state index contributed by atoms with van der Waals surface area (Å²) in [6.07, 6.45) is -3.10. The van der Waals surface area contributed by atoms with E-state index in [0.717, 1.165) is 10.4 Å². The number of aromatic nitrogens is 2. The van der Waals surface area contributed by atoms with E-state index in [1.165, 1.54) is 10.8 Å². The Bertz CT molecular complexity index is 1360. The molecule has 2 heterocycles. The van der Waals surface area contributed by atoms with Crippen molar-refractivity contribution in [1.82, 2.24) is 9.55 Å². The maximum absolute atomic E-state index is 12.9. The molecule has 1 aliphatic rings. The minimum atomic E-state index is -2.92. The zero-order valence-electron chi connectivity index (χ0n) is 24.9. The van der Waals surface area contributed by atoms with Crippen molar-refractivity contribution in [2.75, 3.05) is 13.7 Å². The average molecular weight is 583 g/mol. The third kappa shape index (κ3) is 6.18. The summed E-state index contributed by atoms with van der Waals surface area (Å²) in [5, 5.41) is 13.5. The van der Waals surface area contributed by atoms with Gasteiger partial charge >= 0.3 is 5.69 Å². The third-order valence-electron chi connectivity index (χ3n) is 8.02. The van der Waals surface area contributed by atoms with Gasteiger partial charge in [0.05, 0.1) is 18.8 Å². The van der Waals surface area contributed by atoms with Crippen LogP contribution in [-0.4, -0.2) is 67.2 Å². The fraction of sp³-hybridized carbons (Fsp3) is 0.484. The number of nitrogens with zero attached hydrogens (tertiary/aromatic N) is 1. The van der Waals surface area contributed by atoms with Crippen molar-refractivity contribution in [2.24, 2.45) is 0 Å². The molecule has 6 atom stereocenters. The predicted octanol–water partition coefficient (Wildman–Crippen LogP) is 2.49. The Morgan fingerprint density at radius 2 is 1.56 bits per heavy atom. The molecule has 1 saturated heterocycles. The van der Waals surface area contributed by atoms with Crippen molar-refractivity contribution in [3.63, 3.8) is 0 Å². The summed E-state index contributed by atoms with van der Waals surface area (Å²) in [6.45, 7) is 11.9. The largest absolute Gasteiger partial charge is 0.405 e. The van der Waals surface area contributed by atoms with E-state index in [-0.39, 0.29) is 17.7 Å². The van der Waals surface area contributed by atoms with Gasteiger partial charge in [0, 0.05) is 18.9 Å². The van der Waals surface area contributed by atoms with Crippen LogP contribution < -0.4 is 21.6 Å². The van der Waals surface area contributed by atoms with Gasteiger partial charge in [-0.15, -0.1) is 0 Å². The lowest BCUT2D eigenvalue weighted by molar-refractivity contribution is -0.130. The molecule has 0 spiro atoms. The highest BCUT2D eigenvalue weighted by atomic mass is 28.4. The number of hydrogen-bond acceptors (Lipinski definition) is 7. The quantitative estimate of drug-likeness (QED) is 0.353. The van der Waals surface area contributed by atoms with Crippen LogP contribution in [0.5, 0.6) is 0 Å². The molecule has 0 aliphatic carbocycles. The summed E-state index contributed by atoms with van der Waals surface area (Å²) in [5.41, 5.74) is -0.783. The minimum Gasteiger partial charge on any atom is -0.405 e. The summed E-state index contributed by atoms with van der Waals surface area (Å²) in [7, 11) is -1.34. The Hall–Kier alpha value is -2.86. The van der Waals surface area contributed by atoms with Gasteiger partial charge < -0.3 is 23.7 Å². The number of nitrogens with one attached hydrogen (secondary N) is 1. The maximum Gasteiger partial charge on any atom is 0.330 e. The van der Waals surface area contributed by atoms with Gasteiger partial charge in [-0.3, -0.25) is 14.3 Å². The molecule has 0 saturated carbocycles. The van der Waals surface area contributed by atoms with Crippen LogP contribution in [0.25, 0.3) is 0 Å². The summed E-state index contributed by atoms with van der Waals surface area (Å²) >= 11 is 0. The van der Waals surface area contributed by atoms with E-state index in [9.17, 15) is 14.7 Å². The lowest BCUT2D eigenvalue weighted by atomic mass is 10.1. The highest BCUT2D eigenvalue weighted by Crippen LogP contribution is 2.38. The van der Waals surface area contributed by atoms with Crippen LogP contribution in [0.2, 0.25) is 5.04 Å². The molecule has 2 aromatic carbocycles. The van der Waals surface area contributed by atoms with Gasteiger partial charge in [-0.1, -0.05) is 81.4 Å². The van der Waals surface area contributed by atoms with Gasteiger partial charge in [-0.25, -0.2) is 4.79 Å². The van der Waals surface area contributed by atoms with E-state index in [2.05, 4.69) is 50.0 Å². The molecule has 9 nitrogen and oxygen atoms in total. The summed E-state index contributed by atoms with van der Waals surface area (Å²) in [5.74, 6) is 0. The third-order valence-corrected chi connectivity index (χ3v) is 13.0. The lowest BCUT2D eigenvalue weighted by Gasteiger charge is -2.43. The first-order valence-electron chi connectivity index (χ1n) is 14.0. The van der Waals surface area contributed by atoms with Crippen LogP contribution in [0.15, 0.2) is 76.4 Å². The standard InChI is InChI=1S/C31H42N2O7Si/c1-20-18-33(30(36)32-28(20)35)29-27(39-22(3)21(2)37-7)26(34)25(40-29)19-38-41(31(4,5)6,23-14-10-8-11-15-23)24-16-12-9-13-17-24/h8-18,21-22,25-27,29,34H,19H2,1-7H3,(H,32,35,36)/t21-,22-,25+,26?,27?,29+/m0/s1. The Morgan fingerprint density at radius 3 is 2.07 bits per heavy atom. The number of H-pyrrole nitrogens is 1. The van der Waals surface area contributed by atoms with Crippen LogP contribution in [0.4, 0.5) is 0 Å². The lowest BCUT2D eigenvalue weighted by Crippen LogP contribution is -2.67. The zero-order valence-corrected chi connectivity index (χ0v) is 25.9. The molecule has 0 bridgehead atoms. The van der Waals surface area contributed by atoms with Gasteiger partial charge in [0.1, 0.15) is 18.3 Å². The van der Waals surface area contributed by atoms with Gasteiger partial charge in [0.15, 0.2) is 6.23 Å². The van der Waals surface area contributed by atoms with Crippen molar-refractivity contribution in [3.8, 4) is 0 Å². The molecule has 41 heavy (non-hydrogen) atoms. The zero-order chi connectivity index (χ0) is 29.9. The van der Waals surface area contributed by atoms with Crippen molar-refractivity contribution < 1.29 is 23.7 Å². The predicted molar refractivity (Wildman–Crippen MR) is 160 cm³/mol. The van der Waals surface area contributed by atoms with Gasteiger partial charge in [0.25, 0.3) is 13.9 Å². The summed E-state index contributed by atoms with van der Waals surface area (Å²) < 4.78 is 26.4. The molecule has 0 amide bonds. The van der Waals surface area contributed by atoms with Crippen LogP contribution in [0.3, 0.4) is 0 Å². The Morgan fingerprint density at radius 1 is 1.00 bits per heavy atom. The molecular weight excluding hydrogens is 540 g/mol. The number of aliphatic hydroxyl groups is 1. The number of aryl methyl sites for hydroxylation is 1. The van der Waals surface area contributed by atoms with Gasteiger partial charge in [-0.2, -0.15) is 0 Å². The van der Waals surface area contributed by atoms with Crippen LogP contribution in [0.1, 0.15) is 46.4 Å². The Kier molecular flexibility index (Phi) is 9.52. The highest BCUT2D eigenvalue weighted by Gasteiger charge is 2.53. The van der Waals surface area contributed by atoms with Crippen LogP contribution >= 0.6 is 0 Å². The number of aromatic amines is 1. The fourth-order valence-electron chi connectivity index (χ4n) is 5.52. The molecule has 3 aromatic rings. The summed E-state index contributed by atoms with van der Waals surface area (Å²) in [6, 6.07) is 20.4. The Balaban J connectivity index is 1.73. The summed E-state index contributed by atoms with van der Waals surface area (Å²) in [4.78, 5) is 27.3. The van der Waals surface area contributed by atoms with E-state index in [4.69, 9.17) is 18.6 Å². The number of hydrogen-bond donors (Lipinski definition) is 2. The number of rotatable bonds is 10. The van der Waals surface area contributed by atoms with Gasteiger partial charge in [0.2, 0.25) is 0 Å². The highest BCUT2D eigenvalue weighted by molar-refractivity contribution is 6.99. The first-order chi connectivity index (χ1) is 19.4. The number of benzene rings is 2. The second-order valence-corrected chi connectivity index (χ2v) is 16.1. The second-order valence-electron chi connectivity index (χ2n) is 11.8.